The quantitative estimate of drug-likeness (QED) is 0.867. The van der Waals surface area contributed by atoms with E-state index in [0.29, 0.717) is 0 Å². The van der Waals surface area contributed by atoms with Gasteiger partial charge < -0.3 is 5.32 Å². The molecule has 2 aromatic heterocycles. The molecule has 0 aliphatic rings. The van der Waals surface area contributed by atoms with Crippen molar-refractivity contribution in [2.24, 2.45) is 0 Å². The van der Waals surface area contributed by atoms with Gasteiger partial charge in [-0.2, -0.15) is 9.61 Å². The van der Waals surface area contributed by atoms with E-state index in [0.717, 1.165) is 15.8 Å². The van der Waals surface area contributed by atoms with Crippen molar-refractivity contribution in [3.05, 3.63) is 10.8 Å². The highest BCUT2D eigenvalue weighted by molar-refractivity contribution is 7.16. The van der Waals surface area contributed by atoms with E-state index in [9.17, 15) is 0 Å². The fraction of sp³-hybridized carbons (Fsp3) is 0.700. The van der Waals surface area contributed by atoms with Gasteiger partial charge in [0, 0.05) is 5.41 Å². The Bertz CT molecular complexity index is 493. The van der Waals surface area contributed by atoms with E-state index in [1.165, 1.54) is 0 Å². The van der Waals surface area contributed by atoms with Crippen LogP contribution >= 0.6 is 11.3 Å². The summed E-state index contributed by atoms with van der Waals surface area (Å²) in [6.07, 6.45) is 0. The van der Waals surface area contributed by atoms with Crippen LogP contribution in [0.5, 0.6) is 0 Å². The number of nitrogens with zero attached hydrogens (tertiary/aromatic N) is 4. The van der Waals surface area contributed by atoms with E-state index in [1.807, 2.05) is 11.6 Å². The van der Waals surface area contributed by atoms with Gasteiger partial charge in [0.15, 0.2) is 5.82 Å². The summed E-state index contributed by atoms with van der Waals surface area (Å²) in [5.41, 5.74) is -0.0341. The standard InChI is InChI=1S/C10H17N5S/c1-6(11-5)7-14-15-8(10(2,3)4)12-13-9(15)16-7/h6,11H,1-5H3. The zero-order chi connectivity index (χ0) is 11.9. The second kappa shape index (κ2) is 3.78. The summed E-state index contributed by atoms with van der Waals surface area (Å²) in [6, 6.07) is 0.250. The van der Waals surface area contributed by atoms with Crippen LogP contribution in [-0.4, -0.2) is 26.9 Å². The van der Waals surface area contributed by atoms with Crippen molar-refractivity contribution < 1.29 is 0 Å². The fourth-order valence-electron chi connectivity index (χ4n) is 1.40. The number of rotatable bonds is 2. The highest BCUT2D eigenvalue weighted by Gasteiger charge is 2.23. The van der Waals surface area contributed by atoms with E-state index < -0.39 is 0 Å². The smallest absolute Gasteiger partial charge is 0.234 e. The number of nitrogens with one attached hydrogen (secondary N) is 1. The Kier molecular flexibility index (Phi) is 2.71. The van der Waals surface area contributed by atoms with Crippen LogP contribution in [0, 0.1) is 0 Å². The van der Waals surface area contributed by atoms with Crippen LogP contribution in [-0.2, 0) is 5.41 Å². The van der Waals surface area contributed by atoms with Crippen molar-refractivity contribution >= 4 is 16.3 Å². The van der Waals surface area contributed by atoms with Crippen molar-refractivity contribution in [3.8, 4) is 0 Å². The number of fused-ring (bicyclic) bond motifs is 1. The molecule has 0 aliphatic carbocycles. The summed E-state index contributed by atoms with van der Waals surface area (Å²) in [5, 5.41) is 17.1. The maximum absolute atomic E-state index is 4.56. The van der Waals surface area contributed by atoms with E-state index in [-0.39, 0.29) is 11.5 Å². The van der Waals surface area contributed by atoms with Gasteiger partial charge in [0.25, 0.3) is 0 Å². The largest absolute Gasteiger partial charge is 0.311 e. The molecule has 1 atom stereocenters. The number of aromatic nitrogens is 4. The van der Waals surface area contributed by atoms with Crippen molar-refractivity contribution in [3.63, 3.8) is 0 Å². The zero-order valence-corrected chi connectivity index (χ0v) is 11.1. The lowest BCUT2D eigenvalue weighted by molar-refractivity contribution is 0.523. The molecule has 88 valence electrons. The van der Waals surface area contributed by atoms with Gasteiger partial charge in [-0.25, -0.2) is 0 Å². The first-order valence-electron chi connectivity index (χ1n) is 5.33. The van der Waals surface area contributed by atoms with Gasteiger partial charge in [0.05, 0.1) is 6.04 Å². The Morgan fingerprint density at radius 3 is 2.56 bits per heavy atom. The van der Waals surface area contributed by atoms with Crippen molar-refractivity contribution in [2.75, 3.05) is 7.05 Å². The third kappa shape index (κ3) is 1.82. The Balaban J connectivity index is 2.52. The molecule has 2 rings (SSSR count). The van der Waals surface area contributed by atoms with Crippen LogP contribution in [0.4, 0.5) is 0 Å². The molecule has 2 heterocycles. The maximum Gasteiger partial charge on any atom is 0.234 e. The summed E-state index contributed by atoms with van der Waals surface area (Å²) in [5.74, 6) is 0.910. The van der Waals surface area contributed by atoms with Gasteiger partial charge in [0.1, 0.15) is 5.01 Å². The van der Waals surface area contributed by atoms with Gasteiger partial charge in [-0.3, -0.25) is 0 Å². The van der Waals surface area contributed by atoms with Gasteiger partial charge in [0.2, 0.25) is 4.96 Å². The molecule has 1 N–H and O–H groups in total. The SMILES string of the molecule is CNC(C)c1nn2c(C(C)(C)C)nnc2s1. The normalized spacial score (nSPS) is 14.6. The van der Waals surface area contributed by atoms with Crippen LogP contribution < -0.4 is 5.32 Å². The van der Waals surface area contributed by atoms with Gasteiger partial charge >= 0.3 is 0 Å². The molecule has 0 spiro atoms. The highest BCUT2D eigenvalue weighted by atomic mass is 32.1. The molecule has 6 heteroatoms. The summed E-state index contributed by atoms with van der Waals surface area (Å²) in [7, 11) is 1.93. The minimum atomic E-state index is -0.0341. The first kappa shape index (κ1) is 11.5. The fourth-order valence-corrected chi connectivity index (χ4v) is 2.30. The average molecular weight is 239 g/mol. The Morgan fingerprint density at radius 2 is 2.00 bits per heavy atom. The van der Waals surface area contributed by atoms with Crippen LogP contribution in [0.25, 0.3) is 4.96 Å². The molecular formula is C10H17N5S. The first-order chi connectivity index (χ1) is 7.43. The second-order valence-corrected chi connectivity index (χ2v) is 5.91. The lowest BCUT2D eigenvalue weighted by Gasteiger charge is -2.13. The highest BCUT2D eigenvalue weighted by Crippen LogP contribution is 2.25. The Labute approximate surface area is 98.9 Å². The summed E-state index contributed by atoms with van der Waals surface area (Å²) in [6.45, 7) is 8.43. The molecular weight excluding hydrogens is 222 g/mol. The first-order valence-corrected chi connectivity index (χ1v) is 6.15. The predicted octanol–water partition coefficient (Wildman–Crippen LogP) is 1.76. The molecule has 0 fully saturated rings. The Morgan fingerprint density at radius 1 is 1.31 bits per heavy atom. The van der Waals surface area contributed by atoms with Gasteiger partial charge in [-0.1, -0.05) is 32.1 Å². The van der Waals surface area contributed by atoms with E-state index >= 15 is 0 Å². The molecule has 2 aromatic rings. The predicted molar refractivity (Wildman–Crippen MR) is 64.8 cm³/mol. The lowest BCUT2D eigenvalue weighted by atomic mass is 9.96. The van der Waals surface area contributed by atoms with E-state index in [4.69, 9.17) is 0 Å². The molecule has 5 nitrogen and oxygen atoms in total. The topological polar surface area (TPSA) is 55.1 Å². The molecule has 0 saturated heterocycles. The molecule has 0 saturated carbocycles. The number of hydrogen-bond acceptors (Lipinski definition) is 5. The molecule has 0 aromatic carbocycles. The van der Waals surface area contributed by atoms with Crippen LogP contribution in [0.3, 0.4) is 0 Å². The third-order valence-corrected chi connectivity index (χ3v) is 3.56. The molecule has 0 aliphatic heterocycles. The monoisotopic (exact) mass is 239 g/mol. The summed E-state index contributed by atoms with van der Waals surface area (Å²) < 4.78 is 1.86. The maximum atomic E-state index is 4.56. The van der Waals surface area contributed by atoms with Crippen molar-refractivity contribution in [2.45, 2.75) is 39.2 Å². The number of hydrogen-bond donors (Lipinski definition) is 1. The second-order valence-electron chi connectivity index (χ2n) is 4.92. The lowest BCUT2D eigenvalue weighted by Crippen LogP contribution is -2.17. The zero-order valence-electron chi connectivity index (χ0n) is 10.3. The Hall–Kier alpha value is -1.01. The minimum absolute atomic E-state index is 0.0341. The van der Waals surface area contributed by atoms with Gasteiger partial charge in [-0.15, -0.1) is 10.2 Å². The minimum Gasteiger partial charge on any atom is -0.311 e. The van der Waals surface area contributed by atoms with Crippen molar-refractivity contribution in [1.29, 1.82) is 0 Å². The molecule has 16 heavy (non-hydrogen) atoms. The van der Waals surface area contributed by atoms with E-state index in [2.05, 4.69) is 48.3 Å². The summed E-state index contributed by atoms with van der Waals surface area (Å²) >= 11 is 1.58. The van der Waals surface area contributed by atoms with Crippen LogP contribution in [0.2, 0.25) is 0 Å². The van der Waals surface area contributed by atoms with E-state index in [1.54, 1.807) is 11.3 Å². The third-order valence-electron chi connectivity index (χ3n) is 2.48. The van der Waals surface area contributed by atoms with Gasteiger partial charge in [-0.05, 0) is 14.0 Å². The van der Waals surface area contributed by atoms with Crippen molar-refractivity contribution in [1.82, 2.24) is 25.1 Å². The molecule has 0 radical (unpaired) electrons. The molecule has 0 amide bonds. The summed E-state index contributed by atoms with van der Waals surface area (Å²) in [4.78, 5) is 0.863. The molecule has 0 bridgehead atoms. The molecule has 1 unspecified atom stereocenters. The van der Waals surface area contributed by atoms with Crippen LogP contribution in [0.1, 0.15) is 44.6 Å². The van der Waals surface area contributed by atoms with Crippen LogP contribution in [0.15, 0.2) is 0 Å². The average Bonchev–Trinajstić information content (AvgIpc) is 2.72.